The molecule has 2 aromatic rings. The molecule has 1 N–H and O–H groups in total. The summed E-state index contributed by atoms with van der Waals surface area (Å²) < 4.78 is 1.81. The molecule has 17 heavy (non-hydrogen) atoms. The Hall–Kier alpha value is -1.20. The number of aromatic nitrogens is 3. The largest absolute Gasteiger partial charge is 0.388 e. The van der Waals surface area contributed by atoms with Crippen molar-refractivity contribution in [2.45, 2.75) is 33.3 Å². The Morgan fingerprint density at radius 3 is 2.59 bits per heavy atom. The van der Waals surface area contributed by atoms with Crippen LogP contribution in [0.5, 0.6) is 0 Å². The molecule has 0 saturated heterocycles. The normalized spacial score (nSPS) is 13.0. The fraction of sp³-hybridized carbons (Fsp3) is 0.500. The van der Waals surface area contributed by atoms with Crippen molar-refractivity contribution in [2.24, 2.45) is 7.05 Å². The highest BCUT2D eigenvalue weighted by atomic mass is 32.1. The monoisotopic (exact) mass is 251 g/mol. The number of hydrogen-bond acceptors (Lipinski definition) is 4. The zero-order valence-corrected chi connectivity index (χ0v) is 11.4. The number of nitrogens with zero attached hydrogens (tertiary/aromatic N) is 3. The van der Waals surface area contributed by atoms with Gasteiger partial charge in [-0.2, -0.15) is 5.10 Å². The predicted molar refractivity (Wildman–Crippen MR) is 68.2 cm³/mol. The first kappa shape index (κ1) is 12.3. The van der Waals surface area contributed by atoms with Crippen LogP contribution in [0.1, 0.15) is 33.8 Å². The van der Waals surface area contributed by atoms with Gasteiger partial charge < -0.3 is 5.11 Å². The van der Waals surface area contributed by atoms with Gasteiger partial charge in [-0.05, 0) is 20.8 Å². The number of aliphatic hydroxyl groups is 1. The van der Waals surface area contributed by atoms with Crippen LogP contribution < -0.4 is 0 Å². The van der Waals surface area contributed by atoms with E-state index in [1.54, 1.807) is 16.0 Å². The molecule has 5 heteroatoms. The summed E-state index contributed by atoms with van der Waals surface area (Å²) >= 11 is 1.59. The Bertz CT molecular complexity index is 530. The highest BCUT2D eigenvalue weighted by Crippen LogP contribution is 2.25. The molecule has 0 bridgehead atoms. The van der Waals surface area contributed by atoms with E-state index in [0.717, 1.165) is 27.7 Å². The van der Waals surface area contributed by atoms with Gasteiger partial charge in [0.2, 0.25) is 0 Å². The second-order valence-electron chi connectivity index (χ2n) is 4.31. The minimum absolute atomic E-state index is 0.519. The molecule has 0 fully saturated rings. The van der Waals surface area contributed by atoms with Gasteiger partial charge in [0.25, 0.3) is 0 Å². The molecule has 0 aliphatic rings. The first-order chi connectivity index (χ1) is 7.99. The first-order valence-corrected chi connectivity index (χ1v) is 6.46. The van der Waals surface area contributed by atoms with Gasteiger partial charge in [0.05, 0.1) is 16.8 Å². The molecule has 92 valence electrons. The summed E-state index contributed by atoms with van der Waals surface area (Å²) in [4.78, 5) is 4.37. The molecule has 0 saturated carbocycles. The third kappa shape index (κ3) is 2.40. The average Bonchev–Trinajstić information content (AvgIpc) is 2.73. The van der Waals surface area contributed by atoms with E-state index in [-0.39, 0.29) is 0 Å². The van der Waals surface area contributed by atoms with E-state index in [0.29, 0.717) is 6.42 Å². The van der Waals surface area contributed by atoms with Crippen LogP contribution in [0, 0.1) is 20.8 Å². The number of rotatable bonds is 3. The standard InChI is InChI=1S/C12H17N3OS/c1-7-6-17-11(13-7)5-10(16)12-8(2)14-15(4)9(12)3/h6,10,16H,5H2,1-4H3. The number of aryl methyl sites for hydroxylation is 3. The van der Waals surface area contributed by atoms with Crippen molar-refractivity contribution in [3.63, 3.8) is 0 Å². The molecule has 4 nitrogen and oxygen atoms in total. The Balaban J connectivity index is 2.22. The smallest absolute Gasteiger partial charge is 0.0957 e. The summed E-state index contributed by atoms with van der Waals surface area (Å²) in [5.74, 6) is 0. The third-order valence-electron chi connectivity index (χ3n) is 2.93. The summed E-state index contributed by atoms with van der Waals surface area (Å²) in [5, 5.41) is 17.6. The first-order valence-electron chi connectivity index (χ1n) is 5.58. The second kappa shape index (κ2) is 4.58. The maximum absolute atomic E-state index is 10.3. The summed E-state index contributed by atoms with van der Waals surface area (Å²) in [6.07, 6.45) is 0.0422. The van der Waals surface area contributed by atoms with Crippen molar-refractivity contribution in [3.8, 4) is 0 Å². The van der Waals surface area contributed by atoms with Crippen LogP contribution >= 0.6 is 11.3 Å². The van der Waals surface area contributed by atoms with Crippen molar-refractivity contribution in [2.75, 3.05) is 0 Å². The Morgan fingerprint density at radius 1 is 1.41 bits per heavy atom. The van der Waals surface area contributed by atoms with Gasteiger partial charge in [0.15, 0.2) is 0 Å². The van der Waals surface area contributed by atoms with Crippen LogP contribution in [-0.2, 0) is 13.5 Å². The predicted octanol–water partition coefficient (Wildman–Crippen LogP) is 2.08. The fourth-order valence-electron chi connectivity index (χ4n) is 2.04. The van der Waals surface area contributed by atoms with Crippen molar-refractivity contribution >= 4 is 11.3 Å². The Kier molecular flexibility index (Phi) is 3.31. The van der Waals surface area contributed by atoms with Crippen LogP contribution in [0.3, 0.4) is 0 Å². The summed E-state index contributed by atoms with van der Waals surface area (Å²) in [7, 11) is 1.89. The molecule has 0 spiro atoms. The second-order valence-corrected chi connectivity index (χ2v) is 5.25. The van der Waals surface area contributed by atoms with Gasteiger partial charge >= 0.3 is 0 Å². The van der Waals surface area contributed by atoms with Crippen molar-refractivity contribution in [1.29, 1.82) is 0 Å². The van der Waals surface area contributed by atoms with Crippen LogP contribution in [0.4, 0.5) is 0 Å². The molecule has 2 aromatic heterocycles. The van der Waals surface area contributed by atoms with Gasteiger partial charge in [-0.25, -0.2) is 4.98 Å². The number of aliphatic hydroxyl groups excluding tert-OH is 1. The molecule has 2 rings (SSSR count). The highest BCUT2D eigenvalue weighted by molar-refractivity contribution is 7.09. The van der Waals surface area contributed by atoms with Gasteiger partial charge in [-0.15, -0.1) is 11.3 Å². The van der Waals surface area contributed by atoms with Gasteiger partial charge in [0, 0.05) is 35.8 Å². The SMILES string of the molecule is Cc1csc(CC(O)c2c(C)nn(C)c2C)n1. The molecule has 0 aliphatic heterocycles. The van der Waals surface area contributed by atoms with Crippen molar-refractivity contribution in [1.82, 2.24) is 14.8 Å². The molecule has 0 amide bonds. The number of thiazole rings is 1. The molecule has 0 radical (unpaired) electrons. The highest BCUT2D eigenvalue weighted by Gasteiger charge is 2.19. The van der Waals surface area contributed by atoms with E-state index in [1.807, 2.05) is 33.2 Å². The fourth-order valence-corrected chi connectivity index (χ4v) is 2.85. The zero-order valence-electron chi connectivity index (χ0n) is 10.6. The lowest BCUT2D eigenvalue weighted by molar-refractivity contribution is 0.176. The van der Waals surface area contributed by atoms with E-state index in [2.05, 4.69) is 10.1 Å². The van der Waals surface area contributed by atoms with Gasteiger partial charge in [-0.3, -0.25) is 4.68 Å². The van der Waals surface area contributed by atoms with Crippen molar-refractivity contribution in [3.05, 3.63) is 33.0 Å². The lowest BCUT2D eigenvalue weighted by atomic mass is 10.1. The van der Waals surface area contributed by atoms with Crippen LogP contribution in [0.25, 0.3) is 0 Å². The van der Waals surface area contributed by atoms with E-state index in [1.165, 1.54) is 0 Å². The Morgan fingerprint density at radius 2 is 2.12 bits per heavy atom. The Labute approximate surface area is 105 Å². The molecular formula is C12H17N3OS. The van der Waals surface area contributed by atoms with Crippen LogP contribution in [0.15, 0.2) is 5.38 Å². The summed E-state index contributed by atoms with van der Waals surface area (Å²) in [5.41, 5.74) is 3.85. The lowest BCUT2D eigenvalue weighted by Gasteiger charge is -2.09. The minimum atomic E-state index is -0.519. The maximum Gasteiger partial charge on any atom is 0.0957 e. The quantitative estimate of drug-likeness (QED) is 0.908. The molecule has 1 unspecified atom stereocenters. The minimum Gasteiger partial charge on any atom is -0.388 e. The molecule has 0 aromatic carbocycles. The average molecular weight is 251 g/mol. The van der Waals surface area contributed by atoms with Crippen LogP contribution in [0.2, 0.25) is 0 Å². The molecule has 1 atom stereocenters. The van der Waals surface area contributed by atoms with E-state index >= 15 is 0 Å². The maximum atomic E-state index is 10.3. The van der Waals surface area contributed by atoms with E-state index in [9.17, 15) is 5.11 Å². The van der Waals surface area contributed by atoms with E-state index in [4.69, 9.17) is 0 Å². The molecule has 0 aliphatic carbocycles. The van der Waals surface area contributed by atoms with E-state index < -0.39 is 6.10 Å². The lowest BCUT2D eigenvalue weighted by Crippen LogP contribution is -2.04. The topological polar surface area (TPSA) is 50.9 Å². The zero-order chi connectivity index (χ0) is 12.6. The van der Waals surface area contributed by atoms with Gasteiger partial charge in [0.1, 0.15) is 0 Å². The molecular weight excluding hydrogens is 234 g/mol. The summed E-state index contributed by atoms with van der Waals surface area (Å²) in [6, 6.07) is 0. The third-order valence-corrected chi connectivity index (χ3v) is 3.92. The van der Waals surface area contributed by atoms with Crippen LogP contribution in [-0.4, -0.2) is 19.9 Å². The summed E-state index contributed by atoms with van der Waals surface area (Å²) in [6.45, 7) is 5.87. The van der Waals surface area contributed by atoms with Crippen molar-refractivity contribution < 1.29 is 5.11 Å². The number of hydrogen-bond donors (Lipinski definition) is 1. The molecule has 2 heterocycles. The van der Waals surface area contributed by atoms with Gasteiger partial charge in [-0.1, -0.05) is 0 Å².